The molecule has 0 aliphatic rings. The summed E-state index contributed by atoms with van der Waals surface area (Å²) in [6.07, 6.45) is 0. The molecule has 0 radical (unpaired) electrons. The lowest BCUT2D eigenvalue weighted by Crippen LogP contribution is -2.32. The Balaban J connectivity index is -0.000000177. The van der Waals surface area contributed by atoms with Gasteiger partial charge in [-0.05, 0) is 41.7 Å². The lowest BCUT2D eigenvalue weighted by Gasteiger charge is -2.13. The minimum Gasteiger partial charge on any atom is -0.480 e. The molecule has 0 spiro atoms. The molecule has 5 heteroatoms. The summed E-state index contributed by atoms with van der Waals surface area (Å²) in [6.45, 7) is 4.91. The molecule has 0 saturated heterocycles. The number of carbonyl (C=O) groups is 1. The molecule has 1 atom stereocenters. The summed E-state index contributed by atoms with van der Waals surface area (Å²) in [5, 5.41) is 8.31. The lowest BCUT2D eigenvalue weighted by molar-refractivity contribution is -0.141. The summed E-state index contributed by atoms with van der Waals surface area (Å²) in [6, 6.07) is -0.380. The summed E-state index contributed by atoms with van der Waals surface area (Å²) in [5.41, 5.74) is 0. The van der Waals surface area contributed by atoms with Crippen LogP contribution in [0.15, 0.2) is 0 Å². The monoisotopic (exact) mass is 208 g/mol. The molecule has 3 N–H and O–H groups in total. The van der Waals surface area contributed by atoms with Crippen LogP contribution < -0.4 is 0 Å². The van der Waals surface area contributed by atoms with E-state index in [9.17, 15) is 4.79 Å². The van der Waals surface area contributed by atoms with Crippen molar-refractivity contribution < 1.29 is 15.4 Å². The third-order valence-corrected chi connectivity index (χ3v) is 1.76. The van der Waals surface area contributed by atoms with E-state index in [1.807, 2.05) is 0 Å². The Morgan fingerprint density at radius 2 is 1.57 bits per heavy atom. The average Bonchev–Trinajstić information content (AvgIpc) is 2.03. The summed E-state index contributed by atoms with van der Waals surface area (Å²) < 4.78 is 0. The topological polar surface area (TPSA) is 75.3 Å². The van der Waals surface area contributed by atoms with Crippen molar-refractivity contribution in [1.82, 2.24) is 9.80 Å². The number of carboxylic acids is 1. The van der Waals surface area contributed by atoms with E-state index in [4.69, 9.17) is 5.11 Å². The quantitative estimate of drug-likeness (QED) is 0.695. The molecule has 0 aliphatic carbocycles. The molecule has 0 heterocycles. The summed E-state index contributed by atoms with van der Waals surface area (Å²) in [7, 11) is 7.58. The van der Waals surface area contributed by atoms with Crippen LogP contribution in [-0.4, -0.2) is 67.1 Å². The van der Waals surface area contributed by atoms with E-state index in [0.29, 0.717) is 0 Å². The van der Waals surface area contributed by atoms with Gasteiger partial charge in [-0.2, -0.15) is 0 Å². The smallest absolute Gasteiger partial charge is 0.320 e. The zero-order valence-corrected chi connectivity index (χ0v) is 10.0. The van der Waals surface area contributed by atoms with Gasteiger partial charge < -0.3 is 15.5 Å². The van der Waals surface area contributed by atoms with Gasteiger partial charge >= 0.3 is 5.97 Å². The van der Waals surface area contributed by atoms with Crippen LogP contribution in [0.3, 0.4) is 0 Å². The van der Waals surface area contributed by atoms with Gasteiger partial charge in [-0.1, -0.05) is 6.92 Å². The van der Waals surface area contributed by atoms with Crippen LogP contribution >= 0.6 is 0 Å². The second-order valence-corrected chi connectivity index (χ2v) is 3.37. The van der Waals surface area contributed by atoms with Crippen molar-refractivity contribution in [2.45, 2.75) is 19.9 Å². The zero-order valence-electron chi connectivity index (χ0n) is 10.0. The van der Waals surface area contributed by atoms with E-state index < -0.39 is 5.97 Å². The van der Waals surface area contributed by atoms with Crippen molar-refractivity contribution in [3.05, 3.63) is 0 Å². The fourth-order valence-corrected chi connectivity index (χ4v) is 0.221. The minimum absolute atomic E-state index is 0. The van der Waals surface area contributed by atoms with Crippen molar-refractivity contribution in [2.24, 2.45) is 0 Å². The van der Waals surface area contributed by atoms with E-state index in [1.165, 1.54) is 0 Å². The van der Waals surface area contributed by atoms with Crippen LogP contribution in [0.2, 0.25) is 0 Å². The maximum atomic E-state index is 10.1. The van der Waals surface area contributed by atoms with Crippen molar-refractivity contribution in [3.8, 4) is 0 Å². The molecule has 0 aromatic rings. The molecule has 0 aromatic heterocycles. The number of hydrogen-bond acceptors (Lipinski definition) is 3. The fraction of sp³-hybridized carbons (Fsp3) is 0.889. The van der Waals surface area contributed by atoms with Crippen LogP contribution in [-0.2, 0) is 4.79 Å². The second kappa shape index (κ2) is 10.4. The molecular formula is C9H24N2O3. The fourth-order valence-electron chi connectivity index (χ4n) is 0.221. The van der Waals surface area contributed by atoms with E-state index in [2.05, 4.69) is 25.9 Å². The highest BCUT2D eigenvalue weighted by Crippen LogP contribution is 1.88. The molecule has 0 saturated carbocycles. The third-order valence-electron chi connectivity index (χ3n) is 1.76. The van der Waals surface area contributed by atoms with E-state index >= 15 is 0 Å². The van der Waals surface area contributed by atoms with Crippen LogP contribution in [0.5, 0.6) is 0 Å². The molecular weight excluding hydrogens is 184 g/mol. The van der Waals surface area contributed by atoms with Crippen LogP contribution in [0.25, 0.3) is 0 Å². The Labute approximate surface area is 86.6 Å². The Hall–Kier alpha value is -0.650. The summed E-state index contributed by atoms with van der Waals surface area (Å²) in [5.74, 6) is -0.782. The number of hydrogen-bond donors (Lipinski definition) is 1. The van der Waals surface area contributed by atoms with Crippen molar-refractivity contribution >= 4 is 5.97 Å². The van der Waals surface area contributed by atoms with Crippen LogP contribution in [0.4, 0.5) is 0 Å². The van der Waals surface area contributed by atoms with Crippen molar-refractivity contribution in [2.75, 3.05) is 34.7 Å². The predicted molar refractivity (Wildman–Crippen MR) is 58.6 cm³/mol. The predicted octanol–water partition coefficient (Wildman–Crippen LogP) is -0.236. The highest BCUT2D eigenvalue weighted by atomic mass is 16.4. The highest BCUT2D eigenvalue weighted by Gasteiger charge is 2.11. The normalized spacial score (nSPS) is 11.4. The number of rotatable bonds is 3. The third kappa shape index (κ3) is 13.9. The molecule has 5 nitrogen and oxygen atoms in total. The van der Waals surface area contributed by atoms with Crippen molar-refractivity contribution in [1.29, 1.82) is 0 Å². The number of aliphatic carboxylic acids is 1. The Bertz CT molecular complexity index is 138. The van der Waals surface area contributed by atoms with Crippen LogP contribution in [0, 0.1) is 0 Å². The van der Waals surface area contributed by atoms with E-state index in [0.717, 1.165) is 6.54 Å². The first kappa shape index (κ1) is 19.0. The zero-order chi connectivity index (χ0) is 11.0. The van der Waals surface area contributed by atoms with Crippen molar-refractivity contribution in [3.63, 3.8) is 0 Å². The molecule has 14 heavy (non-hydrogen) atoms. The van der Waals surface area contributed by atoms with Gasteiger partial charge in [0.1, 0.15) is 6.04 Å². The van der Waals surface area contributed by atoms with E-state index in [1.54, 1.807) is 25.9 Å². The molecule has 0 fully saturated rings. The summed E-state index contributed by atoms with van der Waals surface area (Å²) >= 11 is 0. The SMILES string of the molecule is CC(C(=O)O)N(C)C.CCN(C)C.O. The number of nitrogens with zero attached hydrogens (tertiary/aromatic N) is 2. The minimum atomic E-state index is -0.782. The number of carboxylic acid groups (broad SMARTS) is 1. The van der Waals surface area contributed by atoms with E-state index in [-0.39, 0.29) is 11.5 Å². The van der Waals surface area contributed by atoms with Gasteiger partial charge in [0.2, 0.25) is 0 Å². The number of likely N-dealkylation sites (N-methyl/N-ethyl adjacent to an activating group) is 1. The molecule has 0 amide bonds. The first-order valence-electron chi connectivity index (χ1n) is 4.36. The molecule has 0 rings (SSSR count). The first-order valence-corrected chi connectivity index (χ1v) is 4.36. The molecule has 88 valence electrons. The van der Waals surface area contributed by atoms with Gasteiger partial charge in [0, 0.05) is 0 Å². The Kier molecular flexibility index (Phi) is 14.2. The van der Waals surface area contributed by atoms with Gasteiger partial charge in [0.05, 0.1) is 0 Å². The summed E-state index contributed by atoms with van der Waals surface area (Å²) in [4.78, 5) is 13.9. The van der Waals surface area contributed by atoms with Gasteiger partial charge in [-0.25, -0.2) is 0 Å². The van der Waals surface area contributed by atoms with Gasteiger partial charge in [-0.15, -0.1) is 0 Å². The molecule has 0 bridgehead atoms. The maximum absolute atomic E-state index is 10.1. The Morgan fingerprint density at radius 3 is 1.57 bits per heavy atom. The average molecular weight is 208 g/mol. The lowest BCUT2D eigenvalue weighted by atomic mass is 10.3. The van der Waals surface area contributed by atoms with Crippen LogP contribution in [0.1, 0.15) is 13.8 Å². The van der Waals surface area contributed by atoms with Gasteiger partial charge in [0.25, 0.3) is 0 Å². The standard InChI is InChI=1S/C5H11NO2.C4H11N.H2O/c1-4(5(7)8)6(2)3;1-4-5(2)3;/h4H,1-3H3,(H,7,8);4H2,1-3H3;1H2. The van der Waals surface area contributed by atoms with Gasteiger partial charge in [0.15, 0.2) is 0 Å². The van der Waals surface area contributed by atoms with Gasteiger partial charge in [-0.3, -0.25) is 9.69 Å². The molecule has 1 unspecified atom stereocenters. The first-order chi connectivity index (χ1) is 5.82. The molecule has 0 aromatic carbocycles. The second-order valence-electron chi connectivity index (χ2n) is 3.37. The largest absolute Gasteiger partial charge is 0.480 e. The maximum Gasteiger partial charge on any atom is 0.320 e. The Morgan fingerprint density at radius 1 is 1.29 bits per heavy atom. The molecule has 0 aliphatic heterocycles. The highest BCUT2D eigenvalue weighted by molar-refractivity contribution is 5.72.